The van der Waals surface area contributed by atoms with E-state index in [1.165, 1.54) is 0 Å². The monoisotopic (exact) mass is 384 g/mol. The third kappa shape index (κ3) is 3.03. The molecule has 4 N–H and O–H groups in total. The van der Waals surface area contributed by atoms with Gasteiger partial charge in [0, 0.05) is 0 Å². The third-order valence-corrected chi connectivity index (χ3v) is 5.04. The highest BCUT2D eigenvalue weighted by Gasteiger charge is 2.46. The fourth-order valence-electron chi connectivity index (χ4n) is 3.56. The van der Waals surface area contributed by atoms with E-state index < -0.39 is 37.1 Å². The van der Waals surface area contributed by atoms with Crippen molar-refractivity contribution in [3.05, 3.63) is 70.6 Å². The summed E-state index contributed by atoms with van der Waals surface area (Å²) >= 11 is 0. The summed E-state index contributed by atoms with van der Waals surface area (Å²) in [4.78, 5) is 13.2. The zero-order chi connectivity index (χ0) is 19.8. The first-order valence-electron chi connectivity index (χ1n) is 8.94. The summed E-state index contributed by atoms with van der Waals surface area (Å²) in [6.07, 6.45) is -6.98. The second kappa shape index (κ2) is 7.46. The molecule has 0 spiro atoms. The Morgan fingerprint density at radius 3 is 2.25 bits per heavy atom. The minimum absolute atomic E-state index is 0.0341. The molecule has 5 atom stereocenters. The minimum Gasteiger partial charge on any atom is -0.457 e. The molecule has 1 aliphatic heterocycles. The van der Waals surface area contributed by atoms with Crippen molar-refractivity contribution in [2.75, 3.05) is 6.61 Å². The van der Waals surface area contributed by atoms with Crippen molar-refractivity contribution < 1.29 is 29.6 Å². The van der Waals surface area contributed by atoms with Gasteiger partial charge in [-0.15, -0.1) is 0 Å². The maximum Gasteiger partial charge on any atom is 0.200 e. The lowest BCUT2D eigenvalue weighted by Gasteiger charge is -2.39. The number of aliphatic hydroxyl groups excluding tert-OH is 4. The highest BCUT2D eigenvalue weighted by molar-refractivity contribution is 5.83. The molecular formula is C21H20O7. The molecular weight excluding hydrogens is 364 g/mol. The van der Waals surface area contributed by atoms with Crippen molar-refractivity contribution >= 4 is 11.0 Å². The number of hydrogen-bond donors (Lipinski definition) is 4. The molecule has 1 saturated heterocycles. The number of ether oxygens (including phenoxy) is 1. The summed E-state index contributed by atoms with van der Waals surface area (Å²) in [5.74, 6) is 0.0341. The van der Waals surface area contributed by atoms with Crippen LogP contribution in [0.5, 0.6) is 0 Å². The molecule has 0 amide bonds. The van der Waals surface area contributed by atoms with Gasteiger partial charge < -0.3 is 29.6 Å². The standard InChI is InChI=1S/C21H20O7/c22-10-14-17(24)18(25)19(26)21(28-14)20-15(11-6-2-1-3-7-11)16(23)12-8-4-5-9-13(12)27-20/h1-9,14,17-19,21-22,24-26H,10H2/t14-,17-,18+,19-,21+/m1/s1. The molecule has 146 valence electrons. The van der Waals surface area contributed by atoms with Crippen LogP contribution in [0.2, 0.25) is 0 Å². The number of para-hydroxylation sites is 1. The number of hydrogen-bond acceptors (Lipinski definition) is 7. The smallest absolute Gasteiger partial charge is 0.200 e. The SMILES string of the molecule is O=c1c(-c2ccccc2)c([C@H]2O[C@H](CO)[C@@H](O)[C@H](O)[C@H]2O)oc2ccccc12. The van der Waals surface area contributed by atoms with Crippen LogP contribution in [-0.2, 0) is 4.74 Å². The van der Waals surface area contributed by atoms with Crippen LogP contribution in [0.3, 0.4) is 0 Å². The molecule has 4 rings (SSSR count). The molecule has 0 bridgehead atoms. The van der Waals surface area contributed by atoms with Gasteiger partial charge in [0.15, 0.2) is 0 Å². The van der Waals surface area contributed by atoms with Gasteiger partial charge in [-0.2, -0.15) is 0 Å². The van der Waals surface area contributed by atoms with Crippen LogP contribution in [0, 0.1) is 0 Å². The summed E-state index contributed by atoms with van der Waals surface area (Å²) in [6.45, 7) is -0.570. The summed E-state index contributed by atoms with van der Waals surface area (Å²) in [5, 5.41) is 40.6. The van der Waals surface area contributed by atoms with Crippen LogP contribution in [0.15, 0.2) is 63.8 Å². The Morgan fingerprint density at radius 1 is 0.857 bits per heavy atom. The molecule has 2 aromatic carbocycles. The predicted octanol–water partition coefficient (Wildman–Crippen LogP) is 0.975. The van der Waals surface area contributed by atoms with Crippen molar-refractivity contribution in [3.8, 4) is 11.1 Å². The molecule has 1 aromatic heterocycles. The van der Waals surface area contributed by atoms with E-state index >= 15 is 0 Å². The molecule has 28 heavy (non-hydrogen) atoms. The Balaban J connectivity index is 1.96. The number of aliphatic hydroxyl groups is 4. The highest BCUT2D eigenvalue weighted by atomic mass is 16.6. The molecule has 0 radical (unpaired) electrons. The number of fused-ring (bicyclic) bond motifs is 1. The van der Waals surface area contributed by atoms with Gasteiger partial charge in [-0.3, -0.25) is 4.79 Å². The lowest BCUT2D eigenvalue weighted by Crippen LogP contribution is -2.55. The van der Waals surface area contributed by atoms with Crippen molar-refractivity contribution in [2.45, 2.75) is 30.5 Å². The number of rotatable bonds is 3. The van der Waals surface area contributed by atoms with Gasteiger partial charge in [0.2, 0.25) is 5.43 Å². The molecule has 0 saturated carbocycles. The van der Waals surface area contributed by atoms with E-state index in [0.29, 0.717) is 16.5 Å². The highest BCUT2D eigenvalue weighted by Crippen LogP contribution is 2.37. The minimum atomic E-state index is -1.57. The van der Waals surface area contributed by atoms with Crippen LogP contribution >= 0.6 is 0 Å². The van der Waals surface area contributed by atoms with Crippen LogP contribution < -0.4 is 5.43 Å². The Bertz CT molecular complexity index is 1030. The maximum absolute atomic E-state index is 13.2. The van der Waals surface area contributed by atoms with Crippen LogP contribution in [-0.4, -0.2) is 51.4 Å². The van der Waals surface area contributed by atoms with Crippen LogP contribution in [0.4, 0.5) is 0 Å². The van der Waals surface area contributed by atoms with Crippen molar-refractivity contribution in [1.82, 2.24) is 0 Å². The molecule has 7 nitrogen and oxygen atoms in total. The Hall–Kier alpha value is -2.55. The maximum atomic E-state index is 13.2. The zero-order valence-corrected chi connectivity index (χ0v) is 14.8. The fourth-order valence-corrected chi connectivity index (χ4v) is 3.56. The molecule has 1 aliphatic rings. The van der Waals surface area contributed by atoms with E-state index in [1.807, 2.05) is 0 Å². The van der Waals surface area contributed by atoms with E-state index in [1.54, 1.807) is 54.6 Å². The first kappa shape index (κ1) is 18.8. The van der Waals surface area contributed by atoms with Gasteiger partial charge in [0.1, 0.15) is 41.9 Å². The molecule has 1 fully saturated rings. The van der Waals surface area contributed by atoms with Gasteiger partial charge >= 0.3 is 0 Å². The summed E-state index contributed by atoms with van der Waals surface area (Å²) in [7, 11) is 0. The van der Waals surface area contributed by atoms with E-state index in [2.05, 4.69) is 0 Å². The van der Waals surface area contributed by atoms with E-state index in [9.17, 15) is 25.2 Å². The van der Waals surface area contributed by atoms with Crippen molar-refractivity contribution in [3.63, 3.8) is 0 Å². The van der Waals surface area contributed by atoms with Crippen molar-refractivity contribution in [2.24, 2.45) is 0 Å². The fraction of sp³-hybridized carbons (Fsp3) is 0.286. The normalized spacial score (nSPS) is 27.8. The van der Waals surface area contributed by atoms with Gasteiger partial charge in [0.05, 0.1) is 17.6 Å². The zero-order valence-electron chi connectivity index (χ0n) is 14.8. The second-order valence-electron chi connectivity index (χ2n) is 6.78. The van der Waals surface area contributed by atoms with E-state index in [0.717, 1.165) is 0 Å². The average Bonchev–Trinajstić information content (AvgIpc) is 2.73. The molecule has 2 heterocycles. The molecule has 3 aromatic rings. The van der Waals surface area contributed by atoms with Gasteiger partial charge in [-0.05, 0) is 17.7 Å². The van der Waals surface area contributed by atoms with Crippen LogP contribution in [0.1, 0.15) is 11.9 Å². The quantitative estimate of drug-likeness (QED) is 0.531. The molecule has 7 heteroatoms. The predicted molar refractivity (Wildman–Crippen MR) is 101 cm³/mol. The summed E-state index contributed by atoms with van der Waals surface area (Å²) in [6, 6.07) is 15.5. The molecule has 0 unspecified atom stereocenters. The summed E-state index contributed by atoms with van der Waals surface area (Å²) < 4.78 is 11.6. The second-order valence-corrected chi connectivity index (χ2v) is 6.78. The van der Waals surface area contributed by atoms with Crippen LogP contribution in [0.25, 0.3) is 22.1 Å². The Kier molecular flexibility index (Phi) is 5.01. The van der Waals surface area contributed by atoms with Gasteiger partial charge in [0.25, 0.3) is 0 Å². The van der Waals surface area contributed by atoms with Gasteiger partial charge in [-0.1, -0.05) is 42.5 Å². The Morgan fingerprint density at radius 2 is 1.54 bits per heavy atom. The average molecular weight is 384 g/mol. The van der Waals surface area contributed by atoms with E-state index in [4.69, 9.17) is 9.15 Å². The largest absolute Gasteiger partial charge is 0.457 e. The third-order valence-electron chi connectivity index (χ3n) is 5.04. The summed E-state index contributed by atoms with van der Waals surface area (Å²) in [5.41, 5.74) is 0.761. The Labute approximate surface area is 160 Å². The van der Waals surface area contributed by atoms with E-state index in [-0.39, 0.29) is 16.8 Å². The topological polar surface area (TPSA) is 120 Å². The first-order valence-corrected chi connectivity index (χ1v) is 8.94. The number of benzene rings is 2. The first-order chi connectivity index (χ1) is 13.5. The van der Waals surface area contributed by atoms with Gasteiger partial charge in [-0.25, -0.2) is 0 Å². The lowest BCUT2D eigenvalue weighted by molar-refractivity contribution is -0.235. The molecule has 0 aliphatic carbocycles. The lowest BCUT2D eigenvalue weighted by atomic mass is 9.90. The van der Waals surface area contributed by atoms with Crippen molar-refractivity contribution in [1.29, 1.82) is 0 Å².